The average Bonchev–Trinajstić information content (AvgIpc) is 3.16. The third-order valence-electron chi connectivity index (χ3n) is 5.10. The zero-order valence-electron chi connectivity index (χ0n) is 13.9. The van der Waals surface area contributed by atoms with E-state index in [1.54, 1.807) is 15.8 Å². The molecule has 0 bridgehead atoms. The normalized spacial score (nSPS) is 27.6. The fraction of sp³-hybridized carbons (Fsp3) is 0.812. The molecule has 2 N–H and O–H groups in total. The van der Waals surface area contributed by atoms with Crippen molar-refractivity contribution < 1.29 is 15.0 Å². The summed E-state index contributed by atoms with van der Waals surface area (Å²) in [6, 6.07) is 0.167. The van der Waals surface area contributed by atoms with E-state index in [9.17, 15) is 15.0 Å². The Hall–Kier alpha value is -1.47. The molecule has 1 saturated carbocycles. The van der Waals surface area contributed by atoms with Gasteiger partial charge in [0.15, 0.2) is 0 Å². The van der Waals surface area contributed by atoms with Gasteiger partial charge in [0.05, 0.1) is 12.7 Å². The summed E-state index contributed by atoms with van der Waals surface area (Å²) in [5, 5.41) is 29.7. The Balaban J connectivity index is 1.77. The predicted molar refractivity (Wildman–Crippen MR) is 83.5 cm³/mol. The van der Waals surface area contributed by atoms with E-state index in [1.165, 1.54) is 0 Å². The van der Waals surface area contributed by atoms with Gasteiger partial charge in [-0.2, -0.15) is 0 Å². The molecule has 2 aliphatic rings. The molecule has 1 aromatic rings. The Morgan fingerprint density at radius 1 is 1.22 bits per heavy atom. The van der Waals surface area contributed by atoms with Gasteiger partial charge < -0.3 is 15.1 Å². The van der Waals surface area contributed by atoms with Crippen LogP contribution in [0.4, 0.5) is 0 Å². The number of hydrogen-bond acceptors (Lipinski definition) is 5. The van der Waals surface area contributed by atoms with Crippen LogP contribution in [0.2, 0.25) is 0 Å². The van der Waals surface area contributed by atoms with Crippen LogP contribution in [-0.2, 0) is 10.4 Å². The first-order chi connectivity index (χ1) is 10.8. The number of carbonyl (C=O) groups is 1. The second-order valence-corrected chi connectivity index (χ2v) is 7.28. The molecular weight excluding hydrogens is 296 g/mol. The van der Waals surface area contributed by atoms with Gasteiger partial charge >= 0.3 is 0 Å². The van der Waals surface area contributed by atoms with E-state index in [0.29, 0.717) is 37.9 Å². The number of carbonyl (C=O) groups excluding carboxylic acids is 1. The number of aliphatic hydroxyl groups is 2. The maximum absolute atomic E-state index is 12.7. The van der Waals surface area contributed by atoms with Crippen molar-refractivity contribution in [3.63, 3.8) is 0 Å². The van der Waals surface area contributed by atoms with Gasteiger partial charge in [0, 0.05) is 12.6 Å². The Labute approximate surface area is 136 Å². The highest BCUT2D eigenvalue weighted by molar-refractivity contribution is 5.85. The van der Waals surface area contributed by atoms with Crippen molar-refractivity contribution >= 4 is 5.91 Å². The minimum absolute atomic E-state index is 0.167. The predicted octanol–water partition coefficient (Wildman–Crippen LogP) is 0.974. The fourth-order valence-corrected chi connectivity index (χ4v) is 3.63. The average molecular weight is 322 g/mol. The Kier molecular flexibility index (Phi) is 4.18. The molecule has 1 saturated heterocycles. The van der Waals surface area contributed by atoms with Crippen molar-refractivity contribution in [2.75, 3.05) is 13.1 Å². The van der Waals surface area contributed by atoms with Gasteiger partial charge in [-0.05, 0) is 52.4 Å². The summed E-state index contributed by atoms with van der Waals surface area (Å²) in [5.41, 5.74) is -1.92. The second-order valence-electron chi connectivity index (χ2n) is 7.28. The van der Waals surface area contributed by atoms with Crippen molar-refractivity contribution in [3.05, 3.63) is 11.9 Å². The molecule has 1 aliphatic heterocycles. The van der Waals surface area contributed by atoms with Crippen molar-refractivity contribution in [1.29, 1.82) is 0 Å². The third-order valence-corrected chi connectivity index (χ3v) is 5.10. The van der Waals surface area contributed by atoms with Crippen LogP contribution in [0.15, 0.2) is 6.20 Å². The second kappa shape index (κ2) is 5.87. The van der Waals surface area contributed by atoms with Crippen molar-refractivity contribution in [1.82, 2.24) is 19.9 Å². The number of hydrogen-bond donors (Lipinski definition) is 2. The van der Waals surface area contributed by atoms with E-state index >= 15 is 0 Å². The molecule has 0 spiro atoms. The topological polar surface area (TPSA) is 91.5 Å². The summed E-state index contributed by atoms with van der Waals surface area (Å²) in [4.78, 5) is 14.3. The number of aromatic nitrogens is 3. The fourth-order valence-electron chi connectivity index (χ4n) is 3.63. The van der Waals surface area contributed by atoms with Gasteiger partial charge in [0.25, 0.3) is 5.91 Å². The summed E-state index contributed by atoms with van der Waals surface area (Å²) in [5.74, 6) is -0.246. The van der Waals surface area contributed by atoms with Gasteiger partial charge in [-0.3, -0.25) is 4.79 Å². The third kappa shape index (κ3) is 2.99. The van der Waals surface area contributed by atoms with Crippen LogP contribution < -0.4 is 0 Å². The SMILES string of the molecule is CC(C)n1cc([C@@]2(O)CCCN(C(=O)C3(O)CCCC3)C2)nn1. The van der Waals surface area contributed by atoms with Crippen LogP contribution in [-0.4, -0.2) is 54.7 Å². The van der Waals surface area contributed by atoms with Crippen LogP contribution in [0.1, 0.15) is 64.1 Å². The minimum Gasteiger partial charge on any atom is -0.382 e. The maximum atomic E-state index is 12.7. The lowest BCUT2D eigenvalue weighted by molar-refractivity contribution is -0.158. The molecule has 128 valence electrons. The summed E-state index contributed by atoms with van der Waals surface area (Å²) in [7, 11) is 0. The van der Waals surface area contributed by atoms with Crippen molar-refractivity contribution in [2.24, 2.45) is 0 Å². The number of nitrogens with zero attached hydrogens (tertiary/aromatic N) is 4. The Morgan fingerprint density at radius 2 is 1.91 bits per heavy atom. The molecule has 0 aromatic carbocycles. The Morgan fingerprint density at radius 3 is 2.52 bits per heavy atom. The molecule has 3 rings (SSSR count). The highest BCUT2D eigenvalue weighted by Crippen LogP contribution is 2.35. The molecule has 0 unspecified atom stereocenters. The van der Waals surface area contributed by atoms with Gasteiger partial charge in [0.2, 0.25) is 0 Å². The molecule has 1 aromatic heterocycles. The molecule has 0 radical (unpaired) electrons. The van der Waals surface area contributed by atoms with Crippen LogP contribution in [0.3, 0.4) is 0 Å². The molecule has 7 nitrogen and oxygen atoms in total. The van der Waals surface area contributed by atoms with E-state index in [-0.39, 0.29) is 18.5 Å². The van der Waals surface area contributed by atoms with Crippen molar-refractivity contribution in [2.45, 2.75) is 69.6 Å². The first kappa shape index (κ1) is 16.4. The summed E-state index contributed by atoms with van der Waals surface area (Å²) >= 11 is 0. The standard InChI is InChI=1S/C16H26N4O3/c1-12(2)20-10-13(17-18-20)16(23)8-5-9-19(11-16)14(21)15(22)6-3-4-7-15/h10,12,22-23H,3-9,11H2,1-2H3/t16-/m1/s1. The summed E-state index contributed by atoms with van der Waals surface area (Å²) in [6.07, 6.45) is 5.78. The van der Waals surface area contributed by atoms with Crippen LogP contribution >= 0.6 is 0 Å². The van der Waals surface area contributed by atoms with Gasteiger partial charge in [-0.15, -0.1) is 5.10 Å². The molecule has 2 fully saturated rings. The van der Waals surface area contributed by atoms with E-state index < -0.39 is 11.2 Å². The van der Waals surface area contributed by atoms with Crippen LogP contribution in [0, 0.1) is 0 Å². The van der Waals surface area contributed by atoms with Gasteiger partial charge in [-0.1, -0.05) is 5.21 Å². The zero-order chi connectivity index (χ0) is 16.7. The number of likely N-dealkylation sites (tertiary alicyclic amines) is 1. The van der Waals surface area contributed by atoms with Crippen LogP contribution in [0.25, 0.3) is 0 Å². The highest BCUT2D eigenvalue weighted by atomic mass is 16.3. The largest absolute Gasteiger partial charge is 0.382 e. The van der Waals surface area contributed by atoms with E-state index in [0.717, 1.165) is 12.8 Å². The van der Waals surface area contributed by atoms with E-state index in [4.69, 9.17) is 0 Å². The van der Waals surface area contributed by atoms with E-state index in [1.807, 2.05) is 13.8 Å². The zero-order valence-corrected chi connectivity index (χ0v) is 13.9. The lowest BCUT2D eigenvalue weighted by Crippen LogP contribution is -2.55. The number of amides is 1. The Bertz CT molecular complexity index is 580. The monoisotopic (exact) mass is 322 g/mol. The molecule has 2 heterocycles. The molecule has 7 heteroatoms. The molecule has 1 amide bonds. The minimum atomic E-state index is -1.24. The molecule has 23 heavy (non-hydrogen) atoms. The van der Waals surface area contributed by atoms with Crippen LogP contribution in [0.5, 0.6) is 0 Å². The van der Waals surface area contributed by atoms with Gasteiger partial charge in [0.1, 0.15) is 16.9 Å². The smallest absolute Gasteiger partial charge is 0.254 e. The van der Waals surface area contributed by atoms with Crippen molar-refractivity contribution in [3.8, 4) is 0 Å². The summed E-state index contributed by atoms with van der Waals surface area (Å²) in [6.45, 7) is 4.73. The lowest BCUT2D eigenvalue weighted by atomic mass is 9.88. The molecule has 1 atom stereocenters. The number of β-amino-alcohol motifs (C(OH)–C–C–N with tert-alkyl or cyclic N) is 1. The maximum Gasteiger partial charge on any atom is 0.254 e. The van der Waals surface area contributed by atoms with Gasteiger partial charge in [-0.25, -0.2) is 4.68 Å². The summed E-state index contributed by atoms with van der Waals surface area (Å²) < 4.78 is 1.71. The quantitative estimate of drug-likeness (QED) is 0.865. The first-order valence-corrected chi connectivity index (χ1v) is 8.50. The number of rotatable bonds is 3. The molecular formula is C16H26N4O3. The lowest BCUT2D eigenvalue weighted by Gasteiger charge is -2.40. The van der Waals surface area contributed by atoms with E-state index in [2.05, 4.69) is 10.3 Å². The molecule has 1 aliphatic carbocycles. The number of piperidine rings is 1. The highest BCUT2D eigenvalue weighted by Gasteiger charge is 2.46. The first-order valence-electron chi connectivity index (χ1n) is 8.50.